The Hall–Kier alpha value is -1.35. The van der Waals surface area contributed by atoms with Gasteiger partial charge >= 0.3 is 5.97 Å². The van der Waals surface area contributed by atoms with Crippen LogP contribution in [0.3, 0.4) is 0 Å². The van der Waals surface area contributed by atoms with Crippen molar-refractivity contribution < 1.29 is 9.53 Å². The molecule has 1 aromatic carbocycles. The van der Waals surface area contributed by atoms with E-state index in [1.54, 1.807) is 0 Å². The first-order chi connectivity index (χ1) is 10.2. The van der Waals surface area contributed by atoms with Crippen molar-refractivity contribution in [3.8, 4) is 0 Å². The predicted octanol–water partition coefficient (Wildman–Crippen LogP) is 3.46. The summed E-state index contributed by atoms with van der Waals surface area (Å²) in [6, 6.07) is 8.76. The van der Waals surface area contributed by atoms with Crippen LogP contribution in [0.1, 0.15) is 50.2 Å². The Morgan fingerprint density at radius 2 is 2.05 bits per heavy atom. The molecule has 0 aromatic heterocycles. The summed E-state index contributed by atoms with van der Waals surface area (Å²) >= 11 is 0. The number of esters is 1. The van der Waals surface area contributed by atoms with Crippen molar-refractivity contribution in [1.29, 1.82) is 0 Å². The molecule has 0 bridgehead atoms. The highest BCUT2D eigenvalue weighted by molar-refractivity contribution is 5.72. The van der Waals surface area contributed by atoms with Crippen LogP contribution in [0.25, 0.3) is 0 Å². The summed E-state index contributed by atoms with van der Waals surface area (Å²) in [4.78, 5) is 11.5. The molecule has 21 heavy (non-hydrogen) atoms. The van der Waals surface area contributed by atoms with Gasteiger partial charge in [-0.15, -0.1) is 0 Å². The number of methoxy groups -OCH3 is 1. The number of hydrogen-bond acceptors (Lipinski definition) is 3. The monoisotopic (exact) mass is 289 g/mol. The second-order valence-corrected chi connectivity index (χ2v) is 6.04. The van der Waals surface area contributed by atoms with Gasteiger partial charge in [0.2, 0.25) is 0 Å². The third-order valence-electron chi connectivity index (χ3n) is 4.62. The third-order valence-corrected chi connectivity index (χ3v) is 4.62. The Bertz CT molecular complexity index is 458. The van der Waals surface area contributed by atoms with Gasteiger partial charge in [-0.2, -0.15) is 0 Å². The lowest BCUT2D eigenvalue weighted by atomic mass is 9.84. The number of benzene rings is 1. The molecule has 3 heteroatoms. The highest BCUT2D eigenvalue weighted by Crippen LogP contribution is 2.26. The molecule has 1 N–H and O–H groups in total. The zero-order valence-corrected chi connectivity index (χ0v) is 13.2. The lowest BCUT2D eigenvalue weighted by Crippen LogP contribution is -2.33. The quantitative estimate of drug-likeness (QED) is 0.815. The molecule has 0 spiro atoms. The smallest absolute Gasteiger partial charge is 0.309 e. The normalized spacial score (nSPS) is 22.0. The van der Waals surface area contributed by atoms with Gasteiger partial charge in [-0.3, -0.25) is 4.79 Å². The minimum atomic E-state index is -0.175. The van der Waals surface area contributed by atoms with Crippen LogP contribution in [0.5, 0.6) is 0 Å². The number of rotatable bonds is 6. The topological polar surface area (TPSA) is 38.3 Å². The van der Waals surface area contributed by atoms with Crippen molar-refractivity contribution in [2.24, 2.45) is 5.92 Å². The first-order valence-corrected chi connectivity index (χ1v) is 8.10. The van der Waals surface area contributed by atoms with Crippen LogP contribution in [0.15, 0.2) is 24.3 Å². The number of nitrogens with one attached hydrogen (secondary N) is 1. The average Bonchev–Trinajstić information content (AvgIpc) is 2.54. The second-order valence-electron chi connectivity index (χ2n) is 6.04. The van der Waals surface area contributed by atoms with Gasteiger partial charge in [0.25, 0.3) is 0 Å². The molecule has 1 fully saturated rings. The van der Waals surface area contributed by atoms with E-state index >= 15 is 0 Å². The molecule has 2 unspecified atom stereocenters. The average molecular weight is 289 g/mol. The van der Waals surface area contributed by atoms with E-state index in [0.717, 1.165) is 18.0 Å². The first-order valence-electron chi connectivity index (χ1n) is 8.10. The van der Waals surface area contributed by atoms with E-state index in [4.69, 9.17) is 4.74 Å². The molecule has 0 heterocycles. The molecular formula is C18H27NO2. The molecule has 116 valence electrons. The molecular weight excluding hydrogens is 262 g/mol. The van der Waals surface area contributed by atoms with Gasteiger partial charge in [0, 0.05) is 12.6 Å². The molecule has 0 saturated heterocycles. The van der Waals surface area contributed by atoms with Crippen LogP contribution in [0.2, 0.25) is 0 Å². The zero-order chi connectivity index (χ0) is 15.1. The minimum Gasteiger partial charge on any atom is -0.469 e. The van der Waals surface area contributed by atoms with Gasteiger partial charge in [0.05, 0.1) is 13.5 Å². The summed E-state index contributed by atoms with van der Waals surface area (Å²) in [5.74, 6) is 0.702. The van der Waals surface area contributed by atoms with E-state index in [-0.39, 0.29) is 5.97 Å². The van der Waals surface area contributed by atoms with E-state index < -0.39 is 0 Å². The standard InChI is InChI=1S/C18H27NO2/c1-3-14-7-6-10-17(11-14)19-13-16-9-5-4-8-15(16)12-18(20)21-2/h4-5,8-9,14,17,19H,3,6-7,10-13H2,1-2H3. The highest BCUT2D eigenvalue weighted by Gasteiger charge is 2.20. The minimum absolute atomic E-state index is 0.175. The Morgan fingerprint density at radius 1 is 1.29 bits per heavy atom. The van der Waals surface area contributed by atoms with Gasteiger partial charge in [0.1, 0.15) is 0 Å². The maximum Gasteiger partial charge on any atom is 0.309 e. The van der Waals surface area contributed by atoms with Crippen LogP contribution in [-0.4, -0.2) is 19.1 Å². The van der Waals surface area contributed by atoms with E-state index in [9.17, 15) is 4.79 Å². The van der Waals surface area contributed by atoms with Gasteiger partial charge in [-0.1, -0.05) is 50.5 Å². The van der Waals surface area contributed by atoms with Crippen molar-refractivity contribution >= 4 is 5.97 Å². The van der Waals surface area contributed by atoms with E-state index in [2.05, 4.69) is 18.3 Å². The Morgan fingerprint density at radius 3 is 2.76 bits per heavy atom. The Balaban J connectivity index is 1.92. The van der Waals surface area contributed by atoms with Gasteiger partial charge < -0.3 is 10.1 Å². The van der Waals surface area contributed by atoms with E-state index in [1.807, 2.05) is 18.2 Å². The molecule has 2 rings (SSSR count). The fraction of sp³-hybridized carbons (Fsp3) is 0.611. The van der Waals surface area contributed by atoms with Gasteiger partial charge in [-0.25, -0.2) is 0 Å². The zero-order valence-electron chi connectivity index (χ0n) is 13.2. The summed E-state index contributed by atoms with van der Waals surface area (Å²) in [6.07, 6.45) is 6.92. The number of hydrogen-bond donors (Lipinski definition) is 1. The van der Waals surface area contributed by atoms with Crippen LogP contribution in [-0.2, 0) is 22.5 Å². The first kappa shape index (κ1) is 16.0. The van der Waals surface area contributed by atoms with Crippen molar-refractivity contribution in [3.63, 3.8) is 0 Å². The maximum atomic E-state index is 11.5. The summed E-state index contributed by atoms with van der Waals surface area (Å²) in [7, 11) is 1.44. The van der Waals surface area contributed by atoms with Crippen LogP contribution in [0.4, 0.5) is 0 Å². The Kier molecular flexibility index (Phi) is 6.24. The van der Waals surface area contributed by atoms with Crippen molar-refractivity contribution in [3.05, 3.63) is 35.4 Å². The highest BCUT2D eigenvalue weighted by atomic mass is 16.5. The lowest BCUT2D eigenvalue weighted by molar-refractivity contribution is -0.139. The largest absolute Gasteiger partial charge is 0.469 e. The molecule has 1 aromatic rings. The van der Waals surface area contributed by atoms with Crippen molar-refractivity contribution in [2.45, 2.75) is 58.0 Å². The molecule has 0 amide bonds. The number of ether oxygens (including phenoxy) is 1. The molecule has 0 radical (unpaired) electrons. The number of carbonyl (C=O) groups is 1. The summed E-state index contributed by atoms with van der Waals surface area (Å²) in [5, 5.41) is 3.68. The van der Waals surface area contributed by atoms with Crippen molar-refractivity contribution in [1.82, 2.24) is 5.32 Å². The molecule has 1 aliphatic rings. The van der Waals surface area contributed by atoms with E-state index in [1.165, 1.54) is 44.8 Å². The number of carbonyl (C=O) groups excluding carboxylic acids is 1. The van der Waals surface area contributed by atoms with Crippen LogP contribution < -0.4 is 5.32 Å². The fourth-order valence-corrected chi connectivity index (χ4v) is 3.23. The summed E-state index contributed by atoms with van der Waals surface area (Å²) < 4.78 is 4.77. The second kappa shape index (κ2) is 8.18. The lowest BCUT2D eigenvalue weighted by Gasteiger charge is -2.29. The Labute approximate surface area is 128 Å². The predicted molar refractivity (Wildman–Crippen MR) is 85.0 cm³/mol. The molecule has 1 saturated carbocycles. The SMILES string of the molecule is CCC1CCCC(NCc2ccccc2CC(=O)OC)C1. The fourth-order valence-electron chi connectivity index (χ4n) is 3.23. The molecule has 0 aliphatic heterocycles. The molecule has 2 atom stereocenters. The van der Waals surface area contributed by atoms with Crippen molar-refractivity contribution in [2.75, 3.05) is 7.11 Å². The molecule has 3 nitrogen and oxygen atoms in total. The third kappa shape index (κ3) is 4.85. The summed E-state index contributed by atoms with van der Waals surface area (Å²) in [6.45, 7) is 3.13. The van der Waals surface area contributed by atoms with Crippen LogP contribution in [0, 0.1) is 5.92 Å². The van der Waals surface area contributed by atoms with E-state index in [0.29, 0.717) is 12.5 Å². The van der Waals surface area contributed by atoms with Gasteiger partial charge in [-0.05, 0) is 29.9 Å². The van der Waals surface area contributed by atoms with Crippen LogP contribution >= 0.6 is 0 Å². The maximum absolute atomic E-state index is 11.5. The molecule has 1 aliphatic carbocycles. The summed E-state index contributed by atoms with van der Waals surface area (Å²) in [5.41, 5.74) is 2.28. The van der Waals surface area contributed by atoms with Gasteiger partial charge in [0.15, 0.2) is 0 Å².